The van der Waals surface area contributed by atoms with E-state index in [2.05, 4.69) is 32.7 Å². The molecule has 0 atom stereocenters. The highest BCUT2D eigenvalue weighted by Crippen LogP contribution is 2.38. The third kappa shape index (κ3) is 2.79. The molecule has 0 spiro atoms. The SMILES string of the molecule is CCN1CCN(c2c(Br)cnc(N)c2[N+](=O)[O-])CC1. The lowest BCUT2D eigenvalue weighted by molar-refractivity contribution is -0.383. The van der Waals surface area contributed by atoms with E-state index >= 15 is 0 Å². The second-order valence-electron chi connectivity index (χ2n) is 4.37. The Morgan fingerprint density at radius 3 is 2.63 bits per heavy atom. The van der Waals surface area contributed by atoms with Crippen molar-refractivity contribution in [1.29, 1.82) is 0 Å². The number of piperazine rings is 1. The van der Waals surface area contributed by atoms with Gasteiger partial charge in [0.2, 0.25) is 5.82 Å². The van der Waals surface area contributed by atoms with E-state index in [1.807, 2.05) is 4.90 Å². The van der Waals surface area contributed by atoms with Gasteiger partial charge in [0, 0.05) is 32.4 Å². The molecule has 1 aromatic rings. The molecule has 0 aliphatic carbocycles. The van der Waals surface area contributed by atoms with Gasteiger partial charge in [-0.1, -0.05) is 6.92 Å². The highest BCUT2D eigenvalue weighted by atomic mass is 79.9. The average molecular weight is 330 g/mol. The summed E-state index contributed by atoms with van der Waals surface area (Å²) in [6.07, 6.45) is 1.52. The summed E-state index contributed by atoms with van der Waals surface area (Å²) in [5.74, 6) is -0.0406. The van der Waals surface area contributed by atoms with Crippen LogP contribution in [-0.2, 0) is 0 Å². The second kappa shape index (κ2) is 5.70. The number of aromatic nitrogens is 1. The van der Waals surface area contributed by atoms with Gasteiger partial charge in [0.05, 0.1) is 9.40 Å². The highest BCUT2D eigenvalue weighted by molar-refractivity contribution is 9.10. The summed E-state index contributed by atoms with van der Waals surface area (Å²) in [5, 5.41) is 11.2. The molecule has 1 aliphatic heterocycles. The van der Waals surface area contributed by atoms with E-state index in [-0.39, 0.29) is 11.5 Å². The van der Waals surface area contributed by atoms with Crippen LogP contribution in [0, 0.1) is 10.1 Å². The Kier molecular flexibility index (Phi) is 4.20. The van der Waals surface area contributed by atoms with Gasteiger partial charge < -0.3 is 15.5 Å². The van der Waals surface area contributed by atoms with Crippen molar-refractivity contribution in [1.82, 2.24) is 9.88 Å². The summed E-state index contributed by atoms with van der Waals surface area (Å²) >= 11 is 3.34. The van der Waals surface area contributed by atoms with Gasteiger partial charge in [-0.25, -0.2) is 4.98 Å². The van der Waals surface area contributed by atoms with Crippen LogP contribution in [0.3, 0.4) is 0 Å². The zero-order valence-corrected chi connectivity index (χ0v) is 12.3. The molecular formula is C11H16BrN5O2. The number of pyridine rings is 1. The van der Waals surface area contributed by atoms with Crippen LogP contribution in [-0.4, -0.2) is 47.5 Å². The highest BCUT2D eigenvalue weighted by Gasteiger charge is 2.28. The number of nitrogen functional groups attached to an aromatic ring is 1. The first kappa shape index (κ1) is 14.0. The van der Waals surface area contributed by atoms with Crippen LogP contribution in [0.15, 0.2) is 10.7 Å². The average Bonchev–Trinajstić information content (AvgIpc) is 2.41. The number of nitro groups is 1. The Hall–Kier alpha value is -1.41. The van der Waals surface area contributed by atoms with Crippen LogP contribution >= 0.6 is 15.9 Å². The van der Waals surface area contributed by atoms with Crippen LogP contribution in [0.4, 0.5) is 17.2 Å². The zero-order valence-electron chi connectivity index (χ0n) is 10.7. The van der Waals surface area contributed by atoms with Gasteiger partial charge in [-0.05, 0) is 22.5 Å². The number of nitrogens with two attached hydrogens (primary N) is 1. The summed E-state index contributed by atoms with van der Waals surface area (Å²) in [5.41, 5.74) is 6.06. The zero-order chi connectivity index (χ0) is 14.0. The van der Waals surface area contributed by atoms with Crippen LogP contribution in [0.25, 0.3) is 0 Å². The van der Waals surface area contributed by atoms with E-state index in [1.165, 1.54) is 6.20 Å². The maximum atomic E-state index is 11.2. The second-order valence-corrected chi connectivity index (χ2v) is 5.22. The van der Waals surface area contributed by atoms with Crippen molar-refractivity contribution in [3.05, 3.63) is 20.8 Å². The van der Waals surface area contributed by atoms with Crippen molar-refractivity contribution in [2.45, 2.75) is 6.92 Å². The van der Waals surface area contributed by atoms with Crippen molar-refractivity contribution in [3.8, 4) is 0 Å². The minimum Gasteiger partial charge on any atom is -0.378 e. The quantitative estimate of drug-likeness (QED) is 0.667. The summed E-state index contributed by atoms with van der Waals surface area (Å²) in [4.78, 5) is 18.9. The molecule has 1 aliphatic rings. The van der Waals surface area contributed by atoms with Gasteiger partial charge in [0.25, 0.3) is 0 Å². The molecule has 8 heteroatoms. The number of hydrogen-bond acceptors (Lipinski definition) is 6. The van der Waals surface area contributed by atoms with Crippen molar-refractivity contribution >= 4 is 33.1 Å². The first-order chi connectivity index (χ1) is 9.04. The number of anilines is 2. The van der Waals surface area contributed by atoms with Crippen molar-refractivity contribution < 1.29 is 4.92 Å². The van der Waals surface area contributed by atoms with Gasteiger partial charge in [-0.15, -0.1) is 0 Å². The van der Waals surface area contributed by atoms with Gasteiger partial charge in [0.1, 0.15) is 5.69 Å². The van der Waals surface area contributed by atoms with Crippen LogP contribution < -0.4 is 10.6 Å². The molecule has 2 N–H and O–H groups in total. The van der Waals surface area contributed by atoms with Crippen LogP contribution in [0.2, 0.25) is 0 Å². The minimum atomic E-state index is -0.464. The molecule has 0 radical (unpaired) electrons. The predicted molar refractivity (Wildman–Crippen MR) is 77.3 cm³/mol. The Morgan fingerprint density at radius 1 is 1.47 bits per heavy atom. The van der Waals surface area contributed by atoms with Gasteiger partial charge in [-0.3, -0.25) is 10.1 Å². The molecule has 0 unspecified atom stereocenters. The lowest BCUT2D eigenvalue weighted by Gasteiger charge is -2.35. The lowest BCUT2D eigenvalue weighted by atomic mass is 10.2. The summed E-state index contributed by atoms with van der Waals surface area (Å²) in [6, 6.07) is 0. The fraction of sp³-hybridized carbons (Fsp3) is 0.545. The maximum absolute atomic E-state index is 11.2. The molecule has 2 heterocycles. The summed E-state index contributed by atoms with van der Waals surface area (Å²) in [6.45, 7) is 6.38. The largest absolute Gasteiger partial charge is 0.378 e. The molecule has 0 bridgehead atoms. The van der Waals surface area contributed by atoms with E-state index in [9.17, 15) is 10.1 Å². The van der Waals surface area contributed by atoms with Crippen LogP contribution in [0.5, 0.6) is 0 Å². The van der Waals surface area contributed by atoms with E-state index in [4.69, 9.17) is 5.73 Å². The minimum absolute atomic E-state index is 0.0406. The third-order valence-electron chi connectivity index (χ3n) is 3.33. The predicted octanol–water partition coefficient (Wildman–Crippen LogP) is 1.48. The molecular weight excluding hydrogens is 314 g/mol. The third-order valence-corrected chi connectivity index (χ3v) is 3.91. The molecule has 7 nitrogen and oxygen atoms in total. The lowest BCUT2D eigenvalue weighted by Crippen LogP contribution is -2.46. The Balaban J connectivity index is 2.34. The van der Waals surface area contributed by atoms with E-state index in [0.717, 1.165) is 32.7 Å². The molecule has 104 valence electrons. The van der Waals surface area contributed by atoms with Gasteiger partial charge in [0.15, 0.2) is 0 Å². The summed E-state index contributed by atoms with van der Waals surface area (Å²) in [7, 11) is 0. The van der Waals surface area contributed by atoms with Crippen molar-refractivity contribution in [2.75, 3.05) is 43.4 Å². The molecule has 0 aromatic carbocycles. The van der Waals surface area contributed by atoms with E-state index < -0.39 is 4.92 Å². The molecule has 1 saturated heterocycles. The monoisotopic (exact) mass is 329 g/mol. The van der Waals surface area contributed by atoms with Crippen molar-refractivity contribution in [3.63, 3.8) is 0 Å². The number of likely N-dealkylation sites (N-methyl/N-ethyl adjacent to an activating group) is 1. The Morgan fingerprint density at radius 2 is 2.11 bits per heavy atom. The topological polar surface area (TPSA) is 88.5 Å². The molecule has 0 amide bonds. The van der Waals surface area contributed by atoms with E-state index in [1.54, 1.807) is 0 Å². The van der Waals surface area contributed by atoms with Crippen LogP contribution in [0.1, 0.15) is 6.92 Å². The standard InChI is InChI=1S/C11H16BrN5O2/c1-2-15-3-5-16(6-4-15)9-8(12)7-14-11(13)10(9)17(18)19/h7H,2-6H2,1H3,(H2,13,14). The molecule has 1 aromatic heterocycles. The normalized spacial score (nSPS) is 16.6. The molecule has 0 saturated carbocycles. The first-order valence-electron chi connectivity index (χ1n) is 6.10. The molecule has 19 heavy (non-hydrogen) atoms. The Bertz CT molecular complexity index is 488. The first-order valence-corrected chi connectivity index (χ1v) is 6.89. The van der Waals surface area contributed by atoms with Crippen molar-refractivity contribution in [2.24, 2.45) is 0 Å². The maximum Gasteiger partial charge on any atom is 0.335 e. The number of nitrogens with zero attached hydrogens (tertiary/aromatic N) is 4. The summed E-state index contributed by atoms with van der Waals surface area (Å²) < 4.78 is 0.610. The van der Waals surface area contributed by atoms with E-state index in [0.29, 0.717) is 10.2 Å². The smallest absolute Gasteiger partial charge is 0.335 e. The Labute approximate surface area is 119 Å². The number of halogens is 1. The molecule has 2 rings (SSSR count). The molecule has 1 fully saturated rings. The van der Waals surface area contributed by atoms with Gasteiger partial charge >= 0.3 is 5.69 Å². The fourth-order valence-corrected chi connectivity index (χ4v) is 2.79. The fourth-order valence-electron chi connectivity index (χ4n) is 2.25. The number of hydrogen-bond donors (Lipinski definition) is 1. The number of rotatable bonds is 3. The van der Waals surface area contributed by atoms with Gasteiger partial charge in [-0.2, -0.15) is 0 Å².